The zero-order chi connectivity index (χ0) is 12.2. The van der Waals surface area contributed by atoms with Gasteiger partial charge in [-0.25, -0.2) is 13.4 Å². The van der Waals surface area contributed by atoms with Crippen LogP contribution in [0.15, 0.2) is 0 Å². The Morgan fingerprint density at radius 2 is 2.19 bits per heavy atom. The number of hydrogen-bond donors (Lipinski definition) is 2. The van der Waals surface area contributed by atoms with Gasteiger partial charge in [0.1, 0.15) is 15.7 Å². The van der Waals surface area contributed by atoms with E-state index in [1.54, 1.807) is 6.92 Å². The average Bonchev–Trinajstić information content (AvgIpc) is 2.57. The Balaban J connectivity index is 2.31. The highest BCUT2D eigenvalue weighted by Crippen LogP contribution is 1.91. The highest BCUT2D eigenvalue weighted by molar-refractivity contribution is 7.90. The fraction of sp³-hybridized carbons (Fsp3) is 0.625. The molecule has 0 saturated heterocycles. The molecule has 0 spiro atoms. The van der Waals surface area contributed by atoms with Gasteiger partial charge in [0.15, 0.2) is 0 Å². The summed E-state index contributed by atoms with van der Waals surface area (Å²) in [5, 5.41) is 8.76. The largest absolute Gasteiger partial charge is 0.349 e. The third-order valence-corrected chi connectivity index (χ3v) is 2.81. The van der Waals surface area contributed by atoms with E-state index in [4.69, 9.17) is 0 Å². The molecule has 1 amide bonds. The van der Waals surface area contributed by atoms with Crippen molar-refractivity contribution in [3.63, 3.8) is 0 Å². The highest BCUT2D eigenvalue weighted by Gasteiger charge is 2.10. The number of hydrogen-bond acceptors (Lipinski definition) is 5. The smallest absolute Gasteiger partial charge is 0.290 e. The van der Waals surface area contributed by atoms with Crippen LogP contribution >= 0.6 is 0 Å². The van der Waals surface area contributed by atoms with Crippen LogP contribution in [0.4, 0.5) is 0 Å². The molecule has 0 aliphatic carbocycles. The standard InChI is InChI=1S/C8H14N4O3S/c1-6-10-7(12-11-6)8(13)9-4-3-5-16(2,14)15/h3-5H2,1-2H3,(H,9,13)(H,10,11,12). The number of nitrogens with one attached hydrogen (secondary N) is 2. The van der Waals surface area contributed by atoms with E-state index in [2.05, 4.69) is 20.5 Å². The lowest BCUT2D eigenvalue weighted by Gasteiger charge is -2.01. The van der Waals surface area contributed by atoms with E-state index in [0.717, 1.165) is 6.26 Å². The molecule has 0 aliphatic heterocycles. The molecule has 0 aliphatic rings. The van der Waals surface area contributed by atoms with Crippen molar-refractivity contribution in [1.29, 1.82) is 0 Å². The maximum absolute atomic E-state index is 11.4. The fourth-order valence-corrected chi connectivity index (χ4v) is 1.73. The molecule has 0 aromatic carbocycles. The van der Waals surface area contributed by atoms with Gasteiger partial charge in [-0.1, -0.05) is 0 Å². The molecule has 1 aromatic heterocycles. The Morgan fingerprint density at radius 1 is 1.50 bits per heavy atom. The molecular weight excluding hydrogens is 232 g/mol. The van der Waals surface area contributed by atoms with E-state index in [1.165, 1.54) is 0 Å². The quantitative estimate of drug-likeness (QED) is 0.667. The number of nitrogens with zero attached hydrogens (tertiary/aromatic N) is 2. The van der Waals surface area contributed by atoms with Crippen molar-refractivity contribution in [2.24, 2.45) is 0 Å². The fourth-order valence-electron chi connectivity index (χ4n) is 1.06. The number of H-pyrrole nitrogens is 1. The molecule has 90 valence electrons. The van der Waals surface area contributed by atoms with E-state index in [-0.39, 0.29) is 11.6 Å². The molecule has 7 nitrogen and oxygen atoms in total. The molecule has 2 N–H and O–H groups in total. The molecule has 16 heavy (non-hydrogen) atoms. The number of carbonyl (C=O) groups excluding carboxylic acids is 1. The predicted octanol–water partition coefficient (Wildman–Crippen LogP) is -0.722. The second kappa shape index (κ2) is 5.06. The molecule has 1 heterocycles. The van der Waals surface area contributed by atoms with E-state index >= 15 is 0 Å². The Labute approximate surface area is 93.6 Å². The number of aryl methyl sites for hydroxylation is 1. The summed E-state index contributed by atoms with van der Waals surface area (Å²) in [6, 6.07) is 0. The summed E-state index contributed by atoms with van der Waals surface area (Å²) in [7, 11) is -2.97. The topological polar surface area (TPSA) is 105 Å². The molecule has 0 fully saturated rings. The maximum Gasteiger partial charge on any atom is 0.290 e. The van der Waals surface area contributed by atoms with Crippen LogP contribution in [0, 0.1) is 6.92 Å². The second-order valence-electron chi connectivity index (χ2n) is 3.48. The highest BCUT2D eigenvalue weighted by atomic mass is 32.2. The van der Waals surface area contributed by atoms with Gasteiger partial charge in [-0.3, -0.25) is 9.89 Å². The summed E-state index contributed by atoms with van der Waals surface area (Å²) in [5.74, 6) is 0.274. The Morgan fingerprint density at radius 3 is 2.69 bits per heavy atom. The third kappa shape index (κ3) is 4.39. The van der Waals surface area contributed by atoms with Crippen LogP contribution < -0.4 is 5.32 Å². The number of rotatable bonds is 5. The lowest BCUT2D eigenvalue weighted by Crippen LogP contribution is -2.26. The first-order chi connectivity index (χ1) is 7.38. The van der Waals surface area contributed by atoms with Crippen molar-refractivity contribution < 1.29 is 13.2 Å². The summed E-state index contributed by atoms with van der Waals surface area (Å²) < 4.78 is 21.6. The molecule has 0 saturated carbocycles. The van der Waals surface area contributed by atoms with Gasteiger partial charge in [-0.2, -0.15) is 0 Å². The molecule has 0 atom stereocenters. The third-order valence-electron chi connectivity index (χ3n) is 1.78. The maximum atomic E-state index is 11.4. The van der Waals surface area contributed by atoms with Crippen molar-refractivity contribution in [2.45, 2.75) is 13.3 Å². The minimum absolute atomic E-state index is 0.0559. The van der Waals surface area contributed by atoms with Crippen molar-refractivity contribution in [2.75, 3.05) is 18.6 Å². The van der Waals surface area contributed by atoms with Crippen molar-refractivity contribution in [3.05, 3.63) is 11.6 Å². The van der Waals surface area contributed by atoms with Gasteiger partial charge in [0.25, 0.3) is 5.91 Å². The van der Waals surface area contributed by atoms with Crippen LogP contribution in [0.2, 0.25) is 0 Å². The SMILES string of the molecule is Cc1nc(C(=O)NCCCS(C)(=O)=O)n[nH]1. The summed E-state index contributed by atoms with van der Waals surface area (Å²) in [6.07, 6.45) is 1.54. The summed E-state index contributed by atoms with van der Waals surface area (Å²) in [4.78, 5) is 15.2. The summed E-state index contributed by atoms with van der Waals surface area (Å²) >= 11 is 0. The molecule has 8 heteroatoms. The van der Waals surface area contributed by atoms with Gasteiger partial charge >= 0.3 is 0 Å². The predicted molar refractivity (Wildman–Crippen MR) is 57.8 cm³/mol. The molecule has 0 unspecified atom stereocenters. The number of aromatic nitrogens is 3. The van der Waals surface area contributed by atoms with Crippen molar-refractivity contribution >= 4 is 15.7 Å². The first-order valence-electron chi connectivity index (χ1n) is 4.73. The number of amides is 1. The van der Waals surface area contributed by atoms with Crippen molar-refractivity contribution in [1.82, 2.24) is 20.5 Å². The lowest BCUT2D eigenvalue weighted by atomic mass is 10.4. The zero-order valence-electron chi connectivity index (χ0n) is 9.15. The van der Waals surface area contributed by atoms with E-state index in [0.29, 0.717) is 18.8 Å². The van der Waals surface area contributed by atoms with E-state index in [1.807, 2.05) is 0 Å². The van der Waals surface area contributed by atoms with Crippen LogP contribution in [0.5, 0.6) is 0 Å². The Hall–Kier alpha value is -1.44. The van der Waals surface area contributed by atoms with Crippen LogP contribution in [0.1, 0.15) is 22.9 Å². The van der Waals surface area contributed by atoms with Gasteiger partial charge in [0.05, 0.1) is 5.75 Å². The summed E-state index contributed by atoms with van der Waals surface area (Å²) in [6.45, 7) is 1.98. The Bertz CT molecular complexity index is 465. The van der Waals surface area contributed by atoms with Gasteiger partial charge in [-0.15, -0.1) is 5.10 Å². The molecule has 1 rings (SSSR count). The minimum Gasteiger partial charge on any atom is -0.349 e. The summed E-state index contributed by atoms with van der Waals surface area (Å²) in [5.41, 5.74) is 0. The van der Waals surface area contributed by atoms with Gasteiger partial charge < -0.3 is 5.32 Å². The Kier molecular flexibility index (Phi) is 3.99. The monoisotopic (exact) mass is 246 g/mol. The zero-order valence-corrected chi connectivity index (χ0v) is 9.97. The van der Waals surface area contributed by atoms with E-state index in [9.17, 15) is 13.2 Å². The van der Waals surface area contributed by atoms with Crippen LogP contribution in [0.25, 0.3) is 0 Å². The molecule has 0 radical (unpaired) electrons. The minimum atomic E-state index is -2.97. The van der Waals surface area contributed by atoms with Crippen LogP contribution in [-0.4, -0.2) is 48.1 Å². The van der Waals surface area contributed by atoms with Crippen LogP contribution in [-0.2, 0) is 9.84 Å². The van der Waals surface area contributed by atoms with Crippen LogP contribution in [0.3, 0.4) is 0 Å². The molecule has 1 aromatic rings. The van der Waals surface area contributed by atoms with Gasteiger partial charge in [0, 0.05) is 12.8 Å². The van der Waals surface area contributed by atoms with Crippen molar-refractivity contribution in [3.8, 4) is 0 Å². The number of sulfone groups is 1. The van der Waals surface area contributed by atoms with Gasteiger partial charge in [0.2, 0.25) is 5.82 Å². The number of carbonyl (C=O) groups is 1. The number of aromatic amines is 1. The second-order valence-corrected chi connectivity index (χ2v) is 5.74. The van der Waals surface area contributed by atoms with Gasteiger partial charge in [-0.05, 0) is 13.3 Å². The lowest BCUT2D eigenvalue weighted by molar-refractivity contribution is 0.0943. The molecule has 0 bridgehead atoms. The van der Waals surface area contributed by atoms with E-state index < -0.39 is 15.7 Å². The molecular formula is C8H14N4O3S. The first-order valence-corrected chi connectivity index (χ1v) is 6.79. The average molecular weight is 246 g/mol. The normalized spacial score (nSPS) is 11.4. The first kappa shape index (κ1) is 12.6.